The highest BCUT2D eigenvalue weighted by atomic mass is 35.5. The van der Waals surface area contributed by atoms with E-state index >= 15 is 0 Å². The van der Waals surface area contributed by atoms with Crippen LogP contribution in [0.2, 0.25) is 5.02 Å². The van der Waals surface area contributed by atoms with Gasteiger partial charge in [-0.2, -0.15) is 0 Å². The molecule has 0 aliphatic heterocycles. The summed E-state index contributed by atoms with van der Waals surface area (Å²) in [5.41, 5.74) is 5.39. The first kappa shape index (κ1) is 19.3. The van der Waals surface area contributed by atoms with Crippen LogP contribution in [0.25, 0.3) is 0 Å². The summed E-state index contributed by atoms with van der Waals surface area (Å²) in [5.74, 6) is -1.08. The van der Waals surface area contributed by atoms with Gasteiger partial charge in [0.25, 0.3) is 5.69 Å². The Morgan fingerprint density at radius 1 is 1.39 bits per heavy atom. The molecule has 1 amide bonds. The fourth-order valence-corrected chi connectivity index (χ4v) is 3.30. The van der Waals surface area contributed by atoms with Gasteiger partial charge < -0.3 is 10.6 Å². The van der Waals surface area contributed by atoms with E-state index in [2.05, 4.69) is 0 Å². The molecule has 0 aliphatic carbocycles. The molecule has 0 atom stereocenters. The molecule has 0 bridgehead atoms. The maximum absolute atomic E-state index is 11.8. The summed E-state index contributed by atoms with van der Waals surface area (Å²) in [6.07, 6.45) is -0.206. The molecule has 128 valence electrons. The van der Waals surface area contributed by atoms with E-state index in [1.807, 2.05) is 0 Å². The number of primary amides is 1. The highest BCUT2D eigenvalue weighted by Gasteiger charge is 2.15. The van der Waals surface area contributed by atoms with Gasteiger partial charge in [-0.15, -0.1) is 0 Å². The zero-order chi connectivity index (χ0) is 17.6. The Balaban J connectivity index is 2.63. The monoisotopic (exact) mass is 363 g/mol. The van der Waals surface area contributed by atoms with Crippen LogP contribution >= 0.6 is 11.6 Å². The summed E-state index contributed by atoms with van der Waals surface area (Å²) in [7, 11) is -1.70. The van der Waals surface area contributed by atoms with Crippen molar-refractivity contribution in [2.45, 2.75) is 13.0 Å². The molecule has 0 fully saturated rings. The van der Waals surface area contributed by atoms with Crippen LogP contribution in [-0.4, -0.2) is 49.2 Å². The Morgan fingerprint density at radius 2 is 2.04 bits per heavy atom. The molecule has 0 unspecified atom stereocenters. The Labute approximate surface area is 139 Å². The molecule has 1 rings (SSSR count). The van der Waals surface area contributed by atoms with Crippen molar-refractivity contribution < 1.29 is 18.1 Å². The first-order valence-corrected chi connectivity index (χ1v) is 8.91. The molecular weight excluding hydrogens is 346 g/mol. The third-order valence-corrected chi connectivity index (χ3v) is 5.12. The van der Waals surface area contributed by atoms with Crippen LogP contribution in [0.3, 0.4) is 0 Å². The second-order valence-corrected chi connectivity index (χ2v) is 7.85. The number of sulfone groups is 1. The van der Waals surface area contributed by atoms with Crippen LogP contribution < -0.4 is 5.73 Å². The lowest BCUT2D eigenvalue weighted by atomic mass is 10.2. The van der Waals surface area contributed by atoms with E-state index in [1.165, 1.54) is 18.2 Å². The maximum Gasteiger partial charge on any atom is 0.269 e. The zero-order valence-corrected chi connectivity index (χ0v) is 14.1. The summed E-state index contributed by atoms with van der Waals surface area (Å²) in [4.78, 5) is 22.6. The molecule has 0 saturated heterocycles. The molecule has 8 nitrogen and oxygen atoms in total. The number of nitro groups is 1. The van der Waals surface area contributed by atoms with Crippen molar-refractivity contribution in [3.8, 4) is 0 Å². The van der Waals surface area contributed by atoms with Crippen molar-refractivity contribution >= 4 is 33.0 Å². The van der Waals surface area contributed by atoms with Crippen molar-refractivity contribution in [1.82, 2.24) is 4.90 Å². The SMILES string of the molecule is CN(CCS(=O)(=O)CCC(N)=O)Cc1cc([N+](=O)[O-])ccc1Cl. The summed E-state index contributed by atoms with van der Waals surface area (Å²) in [6.45, 7) is 0.478. The normalized spacial score (nSPS) is 11.6. The lowest BCUT2D eigenvalue weighted by Crippen LogP contribution is -2.27. The molecule has 0 aliphatic rings. The van der Waals surface area contributed by atoms with Crippen LogP contribution in [0.5, 0.6) is 0 Å². The van der Waals surface area contributed by atoms with Crippen LogP contribution in [0.1, 0.15) is 12.0 Å². The number of halogens is 1. The van der Waals surface area contributed by atoms with Gasteiger partial charge in [0, 0.05) is 36.7 Å². The van der Waals surface area contributed by atoms with Gasteiger partial charge in [-0.3, -0.25) is 14.9 Å². The molecule has 0 saturated carbocycles. The van der Waals surface area contributed by atoms with E-state index in [9.17, 15) is 23.3 Å². The van der Waals surface area contributed by atoms with Crippen molar-refractivity contribution in [1.29, 1.82) is 0 Å². The molecule has 0 aromatic heterocycles. The Kier molecular flexibility index (Phi) is 6.92. The summed E-state index contributed by atoms with van der Waals surface area (Å²) in [6, 6.07) is 4.10. The Hall–Kier alpha value is -1.71. The molecule has 0 heterocycles. The van der Waals surface area contributed by atoms with Gasteiger partial charge in [-0.1, -0.05) is 11.6 Å². The molecule has 0 spiro atoms. The maximum atomic E-state index is 11.8. The van der Waals surface area contributed by atoms with E-state index in [1.54, 1.807) is 11.9 Å². The Bertz CT molecular complexity index is 693. The smallest absolute Gasteiger partial charge is 0.269 e. The number of amides is 1. The summed E-state index contributed by atoms with van der Waals surface area (Å²) < 4.78 is 23.5. The predicted molar refractivity (Wildman–Crippen MR) is 86.9 cm³/mol. The number of hydrogen-bond acceptors (Lipinski definition) is 6. The third kappa shape index (κ3) is 6.93. The fourth-order valence-electron chi connectivity index (χ4n) is 1.82. The van der Waals surface area contributed by atoms with Gasteiger partial charge in [0.15, 0.2) is 9.84 Å². The van der Waals surface area contributed by atoms with Crippen LogP contribution in [0.4, 0.5) is 5.69 Å². The van der Waals surface area contributed by atoms with Crippen LogP contribution in [0.15, 0.2) is 18.2 Å². The van der Waals surface area contributed by atoms with E-state index < -0.39 is 20.7 Å². The lowest BCUT2D eigenvalue weighted by Gasteiger charge is -2.17. The van der Waals surface area contributed by atoms with Crippen molar-refractivity contribution in [2.24, 2.45) is 5.73 Å². The number of carbonyl (C=O) groups excluding carboxylic acids is 1. The highest BCUT2D eigenvalue weighted by Crippen LogP contribution is 2.23. The van der Waals surface area contributed by atoms with Gasteiger partial charge in [0.2, 0.25) is 5.91 Å². The molecule has 2 N–H and O–H groups in total. The van der Waals surface area contributed by atoms with Gasteiger partial charge in [-0.05, 0) is 18.7 Å². The van der Waals surface area contributed by atoms with Crippen LogP contribution in [0, 0.1) is 10.1 Å². The number of non-ortho nitro benzene ring substituents is 1. The van der Waals surface area contributed by atoms with Crippen molar-refractivity contribution in [3.05, 3.63) is 38.9 Å². The summed E-state index contributed by atoms with van der Waals surface area (Å²) >= 11 is 6.00. The van der Waals surface area contributed by atoms with E-state index in [0.717, 1.165) is 0 Å². The van der Waals surface area contributed by atoms with Crippen molar-refractivity contribution in [2.75, 3.05) is 25.1 Å². The third-order valence-electron chi connectivity index (χ3n) is 3.12. The first-order chi connectivity index (χ1) is 10.6. The summed E-state index contributed by atoms with van der Waals surface area (Å²) in [5, 5.41) is 11.1. The average molecular weight is 364 g/mol. The minimum absolute atomic E-state index is 0.0770. The number of benzene rings is 1. The molecule has 1 aromatic rings. The number of nitrogens with two attached hydrogens (primary N) is 1. The second-order valence-electron chi connectivity index (χ2n) is 5.14. The highest BCUT2D eigenvalue weighted by molar-refractivity contribution is 7.91. The van der Waals surface area contributed by atoms with Gasteiger partial charge >= 0.3 is 0 Å². The quantitative estimate of drug-likeness (QED) is 0.515. The minimum atomic E-state index is -3.38. The second kappa shape index (κ2) is 8.23. The number of nitro benzene ring substituents is 1. The van der Waals surface area contributed by atoms with E-state index in [0.29, 0.717) is 10.6 Å². The Morgan fingerprint density at radius 3 is 2.61 bits per heavy atom. The fraction of sp³-hybridized carbons (Fsp3) is 0.462. The minimum Gasteiger partial charge on any atom is -0.370 e. The first-order valence-electron chi connectivity index (χ1n) is 6.71. The van der Waals surface area contributed by atoms with E-state index in [4.69, 9.17) is 17.3 Å². The number of carbonyl (C=O) groups is 1. The molecule has 10 heteroatoms. The lowest BCUT2D eigenvalue weighted by molar-refractivity contribution is -0.384. The average Bonchev–Trinajstić information content (AvgIpc) is 2.45. The molecule has 1 aromatic carbocycles. The number of hydrogen-bond donors (Lipinski definition) is 1. The molecule has 0 radical (unpaired) electrons. The van der Waals surface area contributed by atoms with Crippen molar-refractivity contribution in [3.63, 3.8) is 0 Å². The number of nitrogens with zero attached hydrogens (tertiary/aromatic N) is 2. The number of rotatable bonds is 9. The zero-order valence-electron chi connectivity index (χ0n) is 12.6. The van der Waals surface area contributed by atoms with Gasteiger partial charge in [0.1, 0.15) is 0 Å². The van der Waals surface area contributed by atoms with Gasteiger partial charge in [-0.25, -0.2) is 8.42 Å². The standard InChI is InChI=1S/C13H18ClN3O5S/c1-16(5-7-23(21,22)6-4-13(15)18)9-10-8-11(17(19)20)2-3-12(10)14/h2-3,8H,4-7,9H2,1H3,(H2,15,18). The molecular formula is C13H18ClN3O5S. The topological polar surface area (TPSA) is 124 Å². The largest absolute Gasteiger partial charge is 0.370 e. The predicted octanol–water partition coefficient (Wildman–Crippen LogP) is 0.970. The molecule has 23 heavy (non-hydrogen) atoms. The van der Waals surface area contributed by atoms with Gasteiger partial charge in [0.05, 0.1) is 16.4 Å². The van der Waals surface area contributed by atoms with Crippen LogP contribution in [-0.2, 0) is 21.2 Å². The van der Waals surface area contributed by atoms with E-state index in [-0.39, 0.29) is 36.7 Å².